The van der Waals surface area contributed by atoms with E-state index in [1.165, 1.54) is 0 Å². The molecule has 2 fully saturated rings. The fourth-order valence-electron chi connectivity index (χ4n) is 4.36. The molecule has 0 unspecified atom stereocenters. The first-order valence-corrected chi connectivity index (χ1v) is 10.8. The highest BCUT2D eigenvalue weighted by Gasteiger charge is 2.29. The molecule has 8 heteroatoms. The molecule has 1 N–H and O–H groups in total. The minimum atomic E-state index is 0.0275. The number of rotatable bonds is 6. The van der Waals surface area contributed by atoms with Gasteiger partial charge in [-0.3, -0.25) is 4.79 Å². The van der Waals surface area contributed by atoms with Crippen LogP contribution in [0.5, 0.6) is 0 Å². The van der Waals surface area contributed by atoms with Crippen molar-refractivity contribution in [3.05, 3.63) is 23.7 Å². The van der Waals surface area contributed by atoms with Crippen molar-refractivity contribution in [2.45, 2.75) is 44.9 Å². The summed E-state index contributed by atoms with van der Waals surface area (Å²) in [7, 11) is 3.90. The molecule has 30 heavy (non-hydrogen) atoms. The molecular weight excluding hydrogens is 382 g/mol. The van der Waals surface area contributed by atoms with Crippen LogP contribution in [0.3, 0.4) is 0 Å². The lowest BCUT2D eigenvalue weighted by Gasteiger charge is -2.29. The molecule has 0 aromatic carbocycles. The van der Waals surface area contributed by atoms with E-state index >= 15 is 0 Å². The zero-order valence-electron chi connectivity index (χ0n) is 18.1. The van der Waals surface area contributed by atoms with Crippen molar-refractivity contribution < 1.29 is 14.1 Å². The maximum Gasteiger partial charge on any atom is 0.225 e. The number of anilines is 1. The Bertz CT molecular complexity index is 867. The van der Waals surface area contributed by atoms with E-state index < -0.39 is 0 Å². The Balaban J connectivity index is 1.42. The number of nitrogens with zero attached hydrogens (tertiary/aromatic N) is 4. The summed E-state index contributed by atoms with van der Waals surface area (Å²) in [5, 5.41) is 7.17. The lowest BCUT2D eigenvalue weighted by Crippen LogP contribution is -2.35. The van der Waals surface area contributed by atoms with E-state index in [9.17, 15) is 4.79 Å². The van der Waals surface area contributed by atoms with E-state index in [-0.39, 0.29) is 11.8 Å². The summed E-state index contributed by atoms with van der Waals surface area (Å²) in [6.45, 7) is 3.93. The third-order valence-electron chi connectivity index (χ3n) is 6.20. The number of amides is 1. The number of aryl methyl sites for hydroxylation is 1. The summed E-state index contributed by atoms with van der Waals surface area (Å²) in [6.07, 6.45) is 6.91. The van der Waals surface area contributed by atoms with Crippen LogP contribution in [0.4, 0.5) is 5.95 Å². The van der Waals surface area contributed by atoms with Crippen LogP contribution < -0.4 is 10.2 Å². The minimum absolute atomic E-state index is 0.0275. The predicted molar refractivity (Wildman–Crippen MR) is 113 cm³/mol. The molecule has 2 aromatic rings. The van der Waals surface area contributed by atoms with Gasteiger partial charge in [0.1, 0.15) is 0 Å². The smallest absolute Gasteiger partial charge is 0.225 e. The van der Waals surface area contributed by atoms with Crippen LogP contribution in [0.2, 0.25) is 0 Å². The van der Waals surface area contributed by atoms with E-state index in [0.29, 0.717) is 31.0 Å². The summed E-state index contributed by atoms with van der Waals surface area (Å²) in [6, 6.07) is 1.94. The van der Waals surface area contributed by atoms with Gasteiger partial charge in [-0.2, -0.15) is 0 Å². The number of carbonyl (C=O) groups is 1. The molecule has 1 aliphatic heterocycles. The first-order valence-electron chi connectivity index (χ1n) is 10.8. The summed E-state index contributed by atoms with van der Waals surface area (Å²) >= 11 is 0. The molecule has 2 aliphatic rings. The van der Waals surface area contributed by atoms with E-state index in [2.05, 4.69) is 15.5 Å². The maximum atomic E-state index is 12.2. The molecule has 162 valence electrons. The highest BCUT2D eigenvalue weighted by molar-refractivity contribution is 5.79. The number of hydrogen-bond donors (Lipinski definition) is 1. The number of carbonyl (C=O) groups excluding carboxylic acids is 1. The van der Waals surface area contributed by atoms with Gasteiger partial charge in [-0.1, -0.05) is 5.16 Å². The topological polar surface area (TPSA) is 93.4 Å². The third-order valence-corrected chi connectivity index (χ3v) is 6.20. The molecule has 4 rings (SSSR count). The third kappa shape index (κ3) is 4.64. The van der Waals surface area contributed by atoms with Crippen LogP contribution in [0.1, 0.15) is 49.4 Å². The van der Waals surface area contributed by atoms with Crippen LogP contribution in [0.25, 0.3) is 11.3 Å². The number of nitrogens with one attached hydrogen (secondary N) is 1. The molecule has 3 heterocycles. The van der Waals surface area contributed by atoms with E-state index in [0.717, 1.165) is 61.4 Å². The predicted octanol–water partition coefficient (Wildman–Crippen LogP) is 2.93. The van der Waals surface area contributed by atoms with Gasteiger partial charge in [-0.25, -0.2) is 9.97 Å². The molecule has 1 aliphatic carbocycles. The second-order valence-corrected chi connectivity index (χ2v) is 8.72. The summed E-state index contributed by atoms with van der Waals surface area (Å²) in [5.41, 5.74) is 2.81. The fraction of sp³-hybridized carbons (Fsp3) is 0.636. The Morgan fingerprint density at radius 1 is 1.23 bits per heavy atom. The zero-order chi connectivity index (χ0) is 21.1. The van der Waals surface area contributed by atoms with Crippen molar-refractivity contribution in [2.24, 2.45) is 11.8 Å². The molecule has 1 atom stereocenters. The first-order chi connectivity index (χ1) is 14.5. The largest absolute Gasteiger partial charge is 0.381 e. The number of ether oxygens (including phenoxy) is 1. The Hall–Kier alpha value is -2.48. The van der Waals surface area contributed by atoms with Crippen LogP contribution in [0.15, 0.2) is 16.8 Å². The van der Waals surface area contributed by atoms with E-state index in [4.69, 9.17) is 14.2 Å². The van der Waals surface area contributed by atoms with Crippen molar-refractivity contribution in [1.82, 2.24) is 20.4 Å². The Morgan fingerprint density at radius 2 is 2.03 bits per heavy atom. The van der Waals surface area contributed by atoms with Crippen molar-refractivity contribution in [3.63, 3.8) is 0 Å². The van der Waals surface area contributed by atoms with Crippen molar-refractivity contribution in [2.75, 3.05) is 38.8 Å². The van der Waals surface area contributed by atoms with Crippen LogP contribution in [-0.4, -0.2) is 54.9 Å². The highest BCUT2D eigenvalue weighted by atomic mass is 16.5. The molecule has 1 amide bonds. The standard InChI is InChI=1S/C22H31N5O3/c1-14-10-19(30-26-14)18-12-24-22(27(2)3)25-20(18)16-6-4-15(5-7-16)11-23-21(28)17-8-9-29-13-17/h10,12,15-17H,4-9,11,13H2,1-3H3,(H,23,28)/t15?,16?,17-/m0/s1. The van der Waals surface area contributed by atoms with Gasteiger partial charge in [0, 0.05) is 45.4 Å². The highest BCUT2D eigenvalue weighted by Crippen LogP contribution is 2.39. The van der Waals surface area contributed by atoms with Gasteiger partial charge in [0.15, 0.2) is 5.76 Å². The normalized spacial score (nSPS) is 24.0. The van der Waals surface area contributed by atoms with Crippen molar-refractivity contribution in [3.8, 4) is 11.3 Å². The summed E-state index contributed by atoms with van der Waals surface area (Å²) < 4.78 is 10.8. The van der Waals surface area contributed by atoms with Crippen LogP contribution >= 0.6 is 0 Å². The molecule has 2 aromatic heterocycles. The van der Waals surface area contributed by atoms with Gasteiger partial charge < -0.3 is 19.5 Å². The second-order valence-electron chi connectivity index (χ2n) is 8.72. The summed E-state index contributed by atoms with van der Waals surface area (Å²) in [4.78, 5) is 23.5. The molecule has 0 radical (unpaired) electrons. The number of hydrogen-bond acceptors (Lipinski definition) is 7. The molecule has 1 saturated heterocycles. The maximum absolute atomic E-state index is 12.2. The van der Waals surface area contributed by atoms with Gasteiger partial charge >= 0.3 is 0 Å². The lowest BCUT2D eigenvalue weighted by molar-refractivity contribution is -0.125. The number of aromatic nitrogens is 3. The van der Waals surface area contributed by atoms with Gasteiger partial charge in [-0.05, 0) is 44.9 Å². The lowest BCUT2D eigenvalue weighted by atomic mass is 9.79. The van der Waals surface area contributed by atoms with E-state index in [1.54, 1.807) is 0 Å². The zero-order valence-corrected chi connectivity index (χ0v) is 18.1. The van der Waals surface area contributed by atoms with Gasteiger partial charge in [0.05, 0.1) is 29.5 Å². The molecule has 0 spiro atoms. The molecule has 1 saturated carbocycles. The Labute approximate surface area is 177 Å². The molecule has 0 bridgehead atoms. The van der Waals surface area contributed by atoms with Crippen molar-refractivity contribution >= 4 is 11.9 Å². The second kappa shape index (κ2) is 9.12. The van der Waals surface area contributed by atoms with E-state index in [1.807, 2.05) is 38.2 Å². The molecular formula is C22H31N5O3. The van der Waals surface area contributed by atoms with Crippen molar-refractivity contribution in [1.29, 1.82) is 0 Å². The van der Waals surface area contributed by atoms with Crippen LogP contribution in [0, 0.1) is 18.8 Å². The fourth-order valence-corrected chi connectivity index (χ4v) is 4.36. The van der Waals surface area contributed by atoms with Gasteiger partial charge in [-0.15, -0.1) is 0 Å². The van der Waals surface area contributed by atoms with Gasteiger partial charge in [0.2, 0.25) is 11.9 Å². The minimum Gasteiger partial charge on any atom is -0.381 e. The average Bonchev–Trinajstić information content (AvgIpc) is 3.44. The summed E-state index contributed by atoms with van der Waals surface area (Å²) in [5.74, 6) is 2.46. The Kier molecular flexibility index (Phi) is 6.32. The Morgan fingerprint density at radius 3 is 2.67 bits per heavy atom. The SMILES string of the molecule is Cc1cc(-c2cnc(N(C)C)nc2C2CCC(CNC(=O)[C@H]3CCOC3)CC2)on1. The quantitative estimate of drug-likeness (QED) is 0.778. The van der Waals surface area contributed by atoms with Crippen LogP contribution in [-0.2, 0) is 9.53 Å². The average molecular weight is 414 g/mol. The molecule has 8 nitrogen and oxygen atoms in total. The monoisotopic (exact) mass is 413 g/mol. The van der Waals surface area contributed by atoms with Gasteiger partial charge in [0.25, 0.3) is 0 Å². The first kappa shape index (κ1) is 20.8.